The van der Waals surface area contributed by atoms with E-state index in [2.05, 4.69) is 0 Å². The van der Waals surface area contributed by atoms with E-state index in [0.29, 0.717) is 11.8 Å². The monoisotopic (exact) mass is 233 g/mol. The molecule has 17 heavy (non-hydrogen) atoms. The zero-order valence-electron chi connectivity index (χ0n) is 8.58. The minimum Gasteiger partial charge on any atom is -0.422 e. The lowest BCUT2D eigenvalue weighted by Crippen LogP contribution is -2.00. The molecule has 0 spiro atoms. The van der Waals surface area contributed by atoms with Crippen molar-refractivity contribution in [3.63, 3.8) is 0 Å². The maximum absolute atomic E-state index is 11.0. The van der Waals surface area contributed by atoms with E-state index in [4.69, 9.17) is 4.42 Å². The smallest absolute Gasteiger partial charge is 0.336 e. The van der Waals surface area contributed by atoms with Gasteiger partial charge >= 0.3 is 5.63 Å². The summed E-state index contributed by atoms with van der Waals surface area (Å²) < 4.78 is 4.84. The van der Waals surface area contributed by atoms with Crippen molar-refractivity contribution >= 4 is 22.9 Å². The standard InChI is InChI=1S/C11H7NO5/c13-6-5-7-1-3-9-8(11(7)12(15)16)2-4-10(14)17-9/h1-4,6H,5H2. The largest absolute Gasteiger partial charge is 0.422 e. The van der Waals surface area contributed by atoms with Crippen LogP contribution in [0.2, 0.25) is 0 Å². The summed E-state index contributed by atoms with van der Waals surface area (Å²) >= 11 is 0. The molecule has 6 nitrogen and oxygen atoms in total. The van der Waals surface area contributed by atoms with Crippen molar-refractivity contribution in [2.45, 2.75) is 6.42 Å². The van der Waals surface area contributed by atoms with E-state index in [1.807, 2.05) is 0 Å². The van der Waals surface area contributed by atoms with Crippen LogP contribution in [0.15, 0.2) is 33.5 Å². The minimum atomic E-state index is -0.582. The fraction of sp³-hybridized carbons (Fsp3) is 0.0909. The molecule has 0 radical (unpaired) electrons. The third kappa shape index (κ3) is 1.92. The molecule has 0 unspecified atom stereocenters. The maximum atomic E-state index is 11.0. The lowest BCUT2D eigenvalue weighted by Gasteiger charge is -2.02. The number of hydrogen-bond donors (Lipinski definition) is 0. The SMILES string of the molecule is O=CCc1ccc2oc(=O)ccc2c1[N+](=O)[O-]. The third-order valence-corrected chi connectivity index (χ3v) is 2.34. The Morgan fingerprint density at radius 2 is 2.06 bits per heavy atom. The Morgan fingerprint density at radius 1 is 1.29 bits per heavy atom. The molecule has 6 heteroatoms. The van der Waals surface area contributed by atoms with Gasteiger partial charge in [0.25, 0.3) is 5.69 Å². The van der Waals surface area contributed by atoms with Crippen molar-refractivity contribution in [1.29, 1.82) is 0 Å². The normalized spacial score (nSPS) is 10.4. The molecule has 1 heterocycles. The average molecular weight is 233 g/mol. The Hall–Kier alpha value is -2.50. The van der Waals surface area contributed by atoms with Crippen LogP contribution in [0.4, 0.5) is 5.69 Å². The Bertz CT molecular complexity index is 658. The first-order valence-electron chi connectivity index (χ1n) is 4.77. The second kappa shape index (κ2) is 4.17. The van der Waals surface area contributed by atoms with Crippen molar-refractivity contribution in [2.75, 3.05) is 0 Å². The van der Waals surface area contributed by atoms with Crippen molar-refractivity contribution in [3.05, 3.63) is 50.4 Å². The van der Waals surface area contributed by atoms with E-state index in [1.54, 1.807) is 0 Å². The molecule has 2 rings (SSSR count). The van der Waals surface area contributed by atoms with Crippen LogP contribution in [0.25, 0.3) is 11.0 Å². The van der Waals surface area contributed by atoms with E-state index >= 15 is 0 Å². The number of nitrogens with zero attached hydrogens (tertiary/aromatic N) is 1. The summed E-state index contributed by atoms with van der Waals surface area (Å²) in [5.74, 6) is 0. The molecule has 0 saturated heterocycles. The number of benzene rings is 1. The van der Waals surface area contributed by atoms with Crippen LogP contribution < -0.4 is 5.63 Å². The van der Waals surface area contributed by atoms with Gasteiger partial charge in [-0.1, -0.05) is 0 Å². The third-order valence-electron chi connectivity index (χ3n) is 2.34. The summed E-state index contributed by atoms with van der Waals surface area (Å²) in [4.78, 5) is 31.8. The lowest BCUT2D eigenvalue weighted by atomic mass is 10.1. The highest BCUT2D eigenvalue weighted by molar-refractivity contribution is 5.88. The highest BCUT2D eigenvalue weighted by Crippen LogP contribution is 2.28. The summed E-state index contributed by atoms with van der Waals surface area (Å²) in [6.07, 6.45) is 0.540. The Balaban J connectivity index is 2.83. The fourth-order valence-electron chi connectivity index (χ4n) is 1.65. The molecule has 0 N–H and O–H groups in total. The van der Waals surface area contributed by atoms with Gasteiger partial charge in [0, 0.05) is 18.1 Å². The molecule has 1 aromatic heterocycles. The number of fused-ring (bicyclic) bond motifs is 1. The highest BCUT2D eigenvalue weighted by Gasteiger charge is 2.19. The Labute approximate surface area is 94.6 Å². The Morgan fingerprint density at radius 3 is 2.71 bits per heavy atom. The molecule has 0 amide bonds. The molecule has 0 atom stereocenters. The van der Waals surface area contributed by atoms with Gasteiger partial charge in [-0.3, -0.25) is 10.1 Å². The quantitative estimate of drug-likeness (QED) is 0.346. The van der Waals surface area contributed by atoms with Gasteiger partial charge in [0.1, 0.15) is 11.9 Å². The molecule has 0 fully saturated rings. The minimum absolute atomic E-state index is 0.0502. The lowest BCUT2D eigenvalue weighted by molar-refractivity contribution is -0.383. The van der Waals surface area contributed by atoms with Gasteiger partial charge in [-0.2, -0.15) is 0 Å². The van der Waals surface area contributed by atoms with Crippen molar-refractivity contribution in [3.8, 4) is 0 Å². The summed E-state index contributed by atoms with van der Waals surface area (Å²) in [5.41, 5.74) is -0.335. The molecule has 1 aromatic carbocycles. The second-order valence-electron chi connectivity index (χ2n) is 3.37. The maximum Gasteiger partial charge on any atom is 0.336 e. The summed E-state index contributed by atoms with van der Waals surface area (Å²) in [7, 11) is 0. The van der Waals surface area contributed by atoms with Gasteiger partial charge in [-0.15, -0.1) is 0 Å². The molecule has 0 aliphatic heterocycles. The summed E-state index contributed by atoms with van der Waals surface area (Å²) in [6, 6.07) is 5.30. The van der Waals surface area contributed by atoms with Gasteiger partial charge in [-0.25, -0.2) is 4.79 Å². The van der Waals surface area contributed by atoms with Gasteiger partial charge in [0.15, 0.2) is 0 Å². The molecule has 86 valence electrons. The zero-order valence-corrected chi connectivity index (χ0v) is 8.58. The van der Waals surface area contributed by atoms with Crippen LogP contribution in [0.5, 0.6) is 0 Å². The van der Waals surface area contributed by atoms with Gasteiger partial charge in [-0.05, 0) is 18.2 Å². The number of rotatable bonds is 3. The van der Waals surface area contributed by atoms with Crippen molar-refractivity contribution in [2.24, 2.45) is 0 Å². The van der Waals surface area contributed by atoms with Crippen molar-refractivity contribution in [1.82, 2.24) is 0 Å². The average Bonchev–Trinajstić information content (AvgIpc) is 2.28. The molecule has 0 aliphatic carbocycles. The number of aldehydes is 1. The summed E-state index contributed by atoms with van der Waals surface area (Å²) in [6.45, 7) is 0. The van der Waals surface area contributed by atoms with Crippen LogP contribution in [0.3, 0.4) is 0 Å². The number of carbonyl (C=O) groups excluding carboxylic acids is 1. The Kier molecular flexibility index (Phi) is 2.70. The molecular weight excluding hydrogens is 226 g/mol. The van der Waals surface area contributed by atoms with E-state index in [1.165, 1.54) is 18.2 Å². The van der Waals surface area contributed by atoms with E-state index in [9.17, 15) is 19.7 Å². The van der Waals surface area contributed by atoms with Crippen LogP contribution >= 0.6 is 0 Å². The fourth-order valence-corrected chi connectivity index (χ4v) is 1.65. The number of hydrogen-bond acceptors (Lipinski definition) is 5. The molecule has 0 saturated carbocycles. The predicted octanol–water partition coefficient (Wildman–Crippen LogP) is 1.44. The zero-order chi connectivity index (χ0) is 12.4. The number of nitro groups is 1. The first-order valence-corrected chi connectivity index (χ1v) is 4.77. The number of nitro benzene ring substituents is 1. The first-order chi connectivity index (χ1) is 8.13. The topological polar surface area (TPSA) is 90.4 Å². The van der Waals surface area contributed by atoms with Gasteiger partial charge in [0.2, 0.25) is 0 Å². The molecule has 0 aliphatic rings. The highest BCUT2D eigenvalue weighted by atomic mass is 16.6. The van der Waals surface area contributed by atoms with Crippen LogP contribution in [-0.4, -0.2) is 11.2 Å². The van der Waals surface area contributed by atoms with E-state index < -0.39 is 10.5 Å². The van der Waals surface area contributed by atoms with E-state index in [0.717, 1.165) is 6.07 Å². The molecule has 0 bridgehead atoms. The van der Waals surface area contributed by atoms with Crippen molar-refractivity contribution < 1.29 is 14.1 Å². The predicted molar refractivity (Wildman–Crippen MR) is 58.9 cm³/mol. The van der Waals surface area contributed by atoms with Crippen LogP contribution in [0.1, 0.15) is 5.56 Å². The first kappa shape index (κ1) is 11.0. The molecular formula is C11H7NO5. The van der Waals surface area contributed by atoms with Crippen LogP contribution in [-0.2, 0) is 11.2 Å². The van der Waals surface area contributed by atoms with E-state index in [-0.39, 0.29) is 23.1 Å². The second-order valence-corrected chi connectivity index (χ2v) is 3.37. The summed E-state index contributed by atoms with van der Waals surface area (Å²) in [5, 5.41) is 11.2. The number of carbonyl (C=O) groups is 1. The molecule has 2 aromatic rings. The van der Waals surface area contributed by atoms with Gasteiger partial charge in [0.05, 0.1) is 10.3 Å². The van der Waals surface area contributed by atoms with Crippen LogP contribution in [0, 0.1) is 10.1 Å². The van der Waals surface area contributed by atoms with Gasteiger partial charge < -0.3 is 9.21 Å².